The second-order valence-electron chi connectivity index (χ2n) is 1.08. The van der Waals surface area contributed by atoms with Crippen LogP contribution >= 0.6 is 0 Å². The standard InChI is InChI=1S/C3H5FO3S.Na/c1-2-3(4)8(5,6)7;/h2-3H,1H2,(H,5,6,7);/q;+1/p-1. The number of rotatable bonds is 2. The van der Waals surface area contributed by atoms with Crippen LogP contribution in [0.1, 0.15) is 0 Å². The van der Waals surface area contributed by atoms with Crippen molar-refractivity contribution in [2.45, 2.75) is 5.50 Å². The van der Waals surface area contributed by atoms with Gasteiger partial charge in [0.1, 0.15) is 10.1 Å². The zero-order chi connectivity index (χ0) is 6.78. The van der Waals surface area contributed by atoms with Crippen LogP contribution in [0.3, 0.4) is 0 Å². The van der Waals surface area contributed by atoms with Gasteiger partial charge in [0, 0.05) is 0 Å². The second kappa shape index (κ2) is 4.40. The normalized spacial score (nSPS) is 13.6. The van der Waals surface area contributed by atoms with Gasteiger partial charge in [-0.3, -0.25) is 0 Å². The molecule has 0 fully saturated rings. The Kier molecular flexibility index (Phi) is 6.01. The van der Waals surface area contributed by atoms with E-state index in [1.165, 1.54) is 0 Å². The molecule has 0 heterocycles. The van der Waals surface area contributed by atoms with Gasteiger partial charge in [-0.15, -0.1) is 0 Å². The molecule has 0 spiro atoms. The first-order valence-corrected chi connectivity index (χ1v) is 3.17. The largest absolute Gasteiger partial charge is 1.00 e. The van der Waals surface area contributed by atoms with Gasteiger partial charge in [0.2, 0.25) is 5.50 Å². The smallest absolute Gasteiger partial charge is 0.745 e. The second-order valence-corrected chi connectivity index (χ2v) is 2.52. The summed E-state index contributed by atoms with van der Waals surface area (Å²) in [5, 5.41) is 0. The van der Waals surface area contributed by atoms with Crippen molar-refractivity contribution in [1.82, 2.24) is 0 Å². The zero-order valence-electron chi connectivity index (χ0n) is 4.87. The van der Waals surface area contributed by atoms with E-state index in [4.69, 9.17) is 0 Å². The molecule has 1 unspecified atom stereocenters. The Labute approximate surface area is 75.0 Å². The Hall–Kier alpha value is 0.580. The third-order valence-electron chi connectivity index (χ3n) is 0.461. The molecule has 0 aliphatic carbocycles. The van der Waals surface area contributed by atoms with Crippen molar-refractivity contribution in [3.05, 3.63) is 12.7 Å². The summed E-state index contributed by atoms with van der Waals surface area (Å²) in [6.07, 6.45) is 0.433. The van der Waals surface area contributed by atoms with Crippen LogP contribution in [0.15, 0.2) is 12.7 Å². The summed E-state index contributed by atoms with van der Waals surface area (Å²) < 4.78 is 40.3. The minimum Gasteiger partial charge on any atom is -0.745 e. The van der Waals surface area contributed by atoms with Crippen LogP contribution < -0.4 is 29.6 Å². The quantitative estimate of drug-likeness (QED) is 0.247. The molecule has 0 aliphatic heterocycles. The Morgan fingerprint density at radius 1 is 1.67 bits per heavy atom. The molecule has 0 saturated carbocycles. The molecule has 48 valence electrons. The summed E-state index contributed by atoms with van der Waals surface area (Å²) in [6, 6.07) is 0. The molecule has 0 aromatic rings. The van der Waals surface area contributed by atoms with E-state index in [9.17, 15) is 17.4 Å². The zero-order valence-corrected chi connectivity index (χ0v) is 7.69. The van der Waals surface area contributed by atoms with Crippen LogP contribution in [-0.2, 0) is 10.1 Å². The minimum absolute atomic E-state index is 0. The molecule has 6 heteroatoms. The van der Waals surface area contributed by atoms with Crippen LogP contribution in [0.5, 0.6) is 0 Å². The molecule has 0 aromatic heterocycles. The first-order chi connectivity index (χ1) is 3.48. The molecule has 0 N–H and O–H groups in total. The minimum atomic E-state index is -4.79. The third-order valence-corrected chi connectivity index (χ3v) is 1.21. The average Bonchev–Trinajstić information content (AvgIpc) is 1.62. The molecule has 1 atom stereocenters. The van der Waals surface area contributed by atoms with Gasteiger partial charge < -0.3 is 4.55 Å². The Balaban J connectivity index is 0. The van der Waals surface area contributed by atoms with Gasteiger partial charge in [0.25, 0.3) is 0 Å². The molecule has 0 aromatic carbocycles. The molecule has 0 bridgehead atoms. The molecule has 9 heavy (non-hydrogen) atoms. The predicted octanol–water partition coefficient (Wildman–Crippen LogP) is -2.98. The molecule has 0 radical (unpaired) electrons. The van der Waals surface area contributed by atoms with Gasteiger partial charge in [-0.1, -0.05) is 6.58 Å². The maximum absolute atomic E-state index is 11.6. The molecular weight excluding hydrogens is 158 g/mol. The van der Waals surface area contributed by atoms with E-state index in [2.05, 4.69) is 6.58 Å². The van der Waals surface area contributed by atoms with Crippen molar-refractivity contribution < 1.29 is 46.9 Å². The molecular formula is C3H4FNaO3S. The van der Waals surface area contributed by atoms with Crippen molar-refractivity contribution in [3.63, 3.8) is 0 Å². The van der Waals surface area contributed by atoms with Crippen molar-refractivity contribution in [2.75, 3.05) is 0 Å². The first kappa shape index (κ1) is 12.3. The van der Waals surface area contributed by atoms with E-state index >= 15 is 0 Å². The maximum Gasteiger partial charge on any atom is 1.00 e. The van der Waals surface area contributed by atoms with E-state index in [0.717, 1.165) is 0 Å². The van der Waals surface area contributed by atoms with Crippen LogP contribution in [0, 0.1) is 0 Å². The van der Waals surface area contributed by atoms with Gasteiger partial charge in [-0.05, 0) is 6.08 Å². The van der Waals surface area contributed by atoms with E-state index in [1.54, 1.807) is 0 Å². The summed E-state index contributed by atoms with van der Waals surface area (Å²) in [5.41, 5.74) is -2.47. The van der Waals surface area contributed by atoms with Gasteiger partial charge >= 0.3 is 29.6 Å². The third kappa shape index (κ3) is 5.05. The van der Waals surface area contributed by atoms with E-state index in [0.29, 0.717) is 6.08 Å². The number of hydrogen-bond donors (Lipinski definition) is 0. The summed E-state index contributed by atoms with van der Waals surface area (Å²) in [4.78, 5) is 0. The molecule has 0 amide bonds. The van der Waals surface area contributed by atoms with Gasteiger partial charge in [-0.25, -0.2) is 12.8 Å². The average molecular weight is 162 g/mol. The van der Waals surface area contributed by atoms with Crippen LogP contribution in [0.4, 0.5) is 4.39 Å². The fraction of sp³-hybridized carbons (Fsp3) is 0.333. The summed E-state index contributed by atoms with van der Waals surface area (Å²) in [7, 11) is -4.79. The number of alkyl halides is 1. The van der Waals surface area contributed by atoms with Crippen molar-refractivity contribution in [3.8, 4) is 0 Å². The number of hydrogen-bond acceptors (Lipinski definition) is 3. The number of halogens is 1. The Bertz CT molecular complexity index is 175. The first-order valence-electron chi connectivity index (χ1n) is 1.70. The predicted molar refractivity (Wildman–Crippen MR) is 24.8 cm³/mol. The molecule has 0 aliphatic rings. The molecule has 3 nitrogen and oxygen atoms in total. The van der Waals surface area contributed by atoms with Gasteiger partial charge in [-0.2, -0.15) is 0 Å². The topological polar surface area (TPSA) is 57.2 Å². The fourth-order valence-electron chi connectivity index (χ4n) is 0.118. The monoisotopic (exact) mass is 162 g/mol. The Morgan fingerprint density at radius 3 is 2.00 bits per heavy atom. The summed E-state index contributed by atoms with van der Waals surface area (Å²) in [5.74, 6) is 0. The summed E-state index contributed by atoms with van der Waals surface area (Å²) >= 11 is 0. The fourth-order valence-corrected chi connectivity index (χ4v) is 0.354. The van der Waals surface area contributed by atoms with Crippen molar-refractivity contribution >= 4 is 10.1 Å². The van der Waals surface area contributed by atoms with E-state index in [-0.39, 0.29) is 29.6 Å². The van der Waals surface area contributed by atoms with Crippen LogP contribution in [0.25, 0.3) is 0 Å². The molecule has 0 saturated heterocycles. The maximum atomic E-state index is 11.6. The van der Waals surface area contributed by atoms with E-state index < -0.39 is 15.6 Å². The van der Waals surface area contributed by atoms with Crippen molar-refractivity contribution in [2.24, 2.45) is 0 Å². The van der Waals surface area contributed by atoms with Gasteiger partial charge in [0.15, 0.2) is 0 Å². The van der Waals surface area contributed by atoms with E-state index in [1.807, 2.05) is 0 Å². The van der Waals surface area contributed by atoms with Crippen molar-refractivity contribution in [1.29, 1.82) is 0 Å². The SMILES string of the molecule is C=CC(F)S(=O)(=O)[O-].[Na+]. The van der Waals surface area contributed by atoms with Gasteiger partial charge in [0.05, 0.1) is 0 Å². The summed E-state index contributed by atoms with van der Waals surface area (Å²) in [6.45, 7) is 2.77. The molecule has 0 rings (SSSR count). The Morgan fingerprint density at radius 2 is 2.00 bits per heavy atom. The van der Waals surface area contributed by atoms with Crippen LogP contribution in [-0.4, -0.2) is 18.5 Å². The van der Waals surface area contributed by atoms with Crippen LogP contribution in [0.2, 0.25) is 0 Å².